The molecule has 6 atom stereocenters. The molecule has 13 N–H and O–H groups in total. The van der Waals surface area contributed by atoms with Gasteiger partial charge in [-0.1, -0.05) is 47.6 Å². The lowest BCUT2D eigenvalue weighted by molar-refractivity contribution is -0.142. The van der Waals surface area contributed by atoms with Crippen LogP contribution in [0.5, 0.6) is 5.75 Å². The Morgan fingerprint density at radius 2 is 1.37 bits per heavy atom. The number of carboxylic acid groups (broad SMARTS) is 1. The molecule has 0 aliphatic carbocycles. The molecule has 5 amide bonds. The maximum atomic E-state index is 13.9. The summed E-state index contributed by atoms with van der Waals surface area (Å²) in [6.07, 6.45) is 2.80. The fourth-order valence-electron chi connectivity index (χ4n) is 5.16. The summed E-state index contributed by atoms with van der Waals surface area (Å²) in [6, 6.07) is -0.721. The number of aromatic hydroxyl groups is 1. The SMILES string of the molecule is CC(C)C[C@H](NC(=O)[C@H](Cc1ccc(O)cc1)NC(=O)[C@@H]1CSSC[C@H](N)C(=O)N[C@@H](CCCCN)C(=O)N[C@@H](CCCCN)C(=O)N1)C(=O)O. The molecule has 1 aromatic carbocycles. The van der Waals surface area contributed by atoms with Gasteiger partial charge in [-0.3, -0.25) is 24.0 Å². The Kier molecular flexibility index (Phi) is 19.7. The number of rotatable bonds is 17. The van der Waals surface area contributed by atoms with Gasteiger partial charge in [-0.25, -0.2) is 4.79 Å². The highest BCUT2D eigenvalue weighted by atomic mass is 33.1. The third-order valence-corrected chi connectivity index (χ3v) is 10.5. The van der Waals surface area contributed by atoms with E-state index in [0.29, 0.717) is 44.3 Å². The second kappa shape index (κ2) is 23.1. The monoisotopic (exact) mass is 754 g/mol. The van der Waals surface area contributed by atoms with Crippen LogP contribution in [0.3, 0.4) is 0 Å². The van der Waals surface area contributed by atoms with Crippen LogP contribution in [-0.2, 0) is 35.2 Å². The molecule has 1 heterocycles. The van der Waals surface area contributed by atoms with E-state index < -0.39 is 71.8 Å². The molecule has 0 aromatic heterocycles. The van der Waals surface area contributed by atoms with Crippen LogP contribution in [0.4, 0.5) is 0 Å². The molecule has 1 aliphatic rings. The van der Waals surface area contributed by atoms with Crippen LogP contribution in [0.25, 0.3) is 0 Å². The molecule has 0 unspecified atom stereocenters. The average Bonchev–Trinajstić information content (AvgIpc) is 3.08. The zero-order chi connectivity index (χ0) is 37.9. The van der Waals surface area contributed by atoms with E-state index in [-0.39, 0.29) is 48.9 Å². The lowest BCUT2D eigenvalue weighted by Gasteiger charge is -2.28. The summed E-state index contributed by atoms with van der Waals surface area (Å²) in [5, 5.41) is 32.9. The summed E-state index contributed by atoms with van der Waals surface area (Å²) >= 11 is 0. The van der Waals surface area contributed by atoms with Crippen LogP contribution in [0.2, 0.25) is 0 Å². The molecule has 0 radical (unpaired) electrons. The molecule has 0 bridgehead atoms. The third-order valence-electron chi connectivity index (χ3n) is 8.03. The van der Waals surface area contributed by atoms with Gasteiger partial charge in [-0.05, 0) is 81.6 Å². The number of aliphatic carboxylic acids is 1. The Morgan fingerprint density at radius 1 is 0.824 bits per heavy atom. The molecule has 0 spiro atoms. The first kappa shape index (κ1) is 43.6. The molecule has 1 aliphatic heterocycles. The van der Waals surface area contributed by atoms with Crippen LogP contribution in [0, 0.1) is 5.92 Å². The normalized spacial score (nSPS) is 21.7. The highest BCUT2D eigenvalue weighted by Gasteiger charge is 2.33. The molecular formula is C33H54N8O8S2. The maximum absolute atomic E-state index is 13.9. The summed E-state index contributed by atoms with van der Waals surface area (Å²) in [4.78, 5) is 79.5. The van der Waals surface area contributed by atoms with Crippen molar-refractivity contribution >= 4 is 57.1 Å². The Balaban J connectivity index is 2.40. The van der Waals surface area contributed by atoms with Gasteiger partial charge in [0, 0.05) is 17.9 Å². The van der Waals surface area contributed by atoms with Crippen molar-refractivity contribution in [1.82, 2.24) is 26.6 Å². The first-order valence-corrected chi connectivity index (χ1v) is 19.7. The summed E-state index contributed by atoms with van der Waals surface area (Å²) < 4.78 is 0. The second-order valence-electron chi connectivity index (χ2n) is 12.9. The number of phenolic OH excluding ortho intramolecular Hbond substituents is 1. The van der Waals surface area contributed by atoms with E-state index in [2.05, 4.69) is 26.6 Å². The van der Waals surface area contributed by atoms with E-state index in [1.165, 1.54) is 33.7 Å². The number of hydrogen-bond acceptors (Lipinski definition) is 12. The van der Waals surface area contributed by atoms with Crippen LogP contribution >= 0.6 is 21.6 Å². The predicted molar refractivity (Wildman–Crippen MR) is 197 cm³/mol. The van der Waals surface area contributed by atoms with Gasteiger partial charge in [0.25, 0.3) is 0 Å². The highest BCUT2D eigenvalue weighted by molar-refractivity contribution is 8.76. The van der Waals surface area contributed by atoms with E-state index in [4.69, 9.17) is 17.2 Å². The fraction of sp³-hybridized carbons (Fsp3) is 0.636. The minimum absolute atomic E-state index is 0.000405. The maximum Gasteiger partial charge on any atom is 0.326 e. The summed E-state index contributed by atoms with van der Waals surface area (Å²) in [5.74, 6) is -4.39. The van der Waals surface area contributed by atoms with Crippen LogP contribution in [0.15, 0.2) is 24.3 Å². The lowest BCUT2D eigenvalue weighted by Crippen LogP contribution is -2.60. The summed E-state index contributed by atoms with van der Waals surface area (Å²) in [6.45, 7) is 4.40. The molecule has 1 saturated heterocycles. The molecule has 1 fully saturated rings. The average molecular weight is 755 g/mol. The molecule has 16 nitrogen and oxygen atoms in total. The van der Waals surface area contributed by atoms with Crippen LogP contribution < -0.4 is 43.8 Å². The van der Waals surface area contributed by atoms with Crippen molar-refractivity contribution in [3.8, 4) is 5.75 Å². The first-order valence-electron chi connectivity index (χ1n) is 17.2. The molecule has 286 valence electrons. The van der Waals surface area contributed by atoms with Crippen molar-refractivity contribution in [2.24, 2.45) is 23.1 Å². The van der Waals surface area contributed by atoms with Crippen molar-refractivity contribution in [3.63, 3.8) is 0 Å². The molecule has 18 heteroatoms. The first-order chi connectivity index (χ1) is 24.2. The molecular weight excluding hydrogens is 701 g/mol. The number of carboxylic acids is 1. The quantitative estimate of drug-likeness (QED) is 0.0708. The van der Waals surface area contributed by atoms with E-state index >= 15 is 0 Å². The Hall–Kier alpha value is -3.58. The van der Waals surface area contributed by atoms with Gasteiger partial charge in [0.1, 0.15) is 36.0 Å². The Bertz CT molecular complexity index is 1310. The molecule has 1 aromatic rings. The van der Waals surface area contributed by atoms with Crippen molar-refractivity contribution in [2.75, 3.05) is 24.6 Å². The largest absolute Gasteiger partial charge is 0.508 e. The number of unbranched alkanes of at least 4 members (excludes halogenated alkanes) is 2. The zero-order valence-corrected chi connectivity index (χ0v) is 30.9. The van der Waals surface area contributed by atoms with Gasteiger partial charge in [-0.2, -0.15) is 0 Å². The minimum atomic E-state index is -1.26. The zero-order valence-electron chi connectivity index (χ0n) is 29.2. The molecule has 51 heavy (non-hydrogen) atoms. The van der Waals surface area contributed by atoms with Crippen LogP contribution in [0.1, 0.15) is 64.4 Å². The lowest BCUT2D eigenvalue weighted by atomic mass is 10.0. The number of hydrogen-bond donors (Lipinski definition) is 10. The fourth-order valence-corrected chi connectivity index (χ4v) is 7.44. The van der Waals surface area contributed by atoms with Gasteiger partial charge < -0.3 is 54.0 Å². The van der Waals surface area contributed by atoms with E-state index in [1.807, 2.05) is 13.8 Å². The third kappa shape index (κ3) is 16.1. The smallest absolute Gasteiger partial charge is 0.326 e. The van der Waals surface area contributed by atoms with E-state index in [1.54, 1.807) is 12.1 Å². The number of benzene rings is 1. The second-order valence-corrected chi connectivity index (χ2v) is 15.4. The Morgan fingerprint density at radius 3 is 1.92 bits per heavy atom. The van der Waals surface area contributed by atoms with Gasteiger partial charge in [0.2, 0.25) is 29.5 Å². The number of carbonyl (C=O) groups excluding carboxylic acids is 5. The minimum Gasteiger partial charge on any atom is -0.508 e. The topological polar surface area (TPSA) is 281 Å². The molecule has 0 saturated carbocycles. The van der Waals surface area contributed by atoms with E-state index in [0.717, 1.165) is 0 Å². The number of nitrogens with one attached hydrogen (secondary N) is 5. The van der Waals surface area contributed by atoms with Crippen molar-refractivity contribution in [1.29, 1.82) is 0 Å². The van der Waals surface area contributed by atoms with Crippen molar-refractivity contribution in [3.05, 3.63) is 29.8 Å². The highest BCUT2D eigenvalue weighted by Crippen LogP contribution is 2.23. The van der Waals surface area contributed by atoms with Crippen molar-refractivity contribution < 1.29 is 39.0 Å². The van der Waals surface area contributed by atoms with Gasteiger partial charge >= 0.3 is 5.97 Å². The van der Waals surface area contributed by atoms with Crippen molar-refractivity contribution in [2.45, 2.75) is 101 Å². The molecule has 2 rings (SSSR count). The summed E-state index contributed by atoms with van der Waals surface area (Å²) in [5.41, 5.74) is 18.0. The number of carbonyl (C=O) groups is 6. The predicted octanol–water partition coefficient (Wildman–Crippen LogP) is -0.530. The van der Waals surface area contributed by atoms with Gasteiger partial charge in [-0.15, -0.1) is 0 Å². The van der Waals surface area contributed by atoms with E-state index in [9.17, 15) is 39.0 Å². The Labute approximate surface area is 306 Å². The number of nitrogens with two attached hydrogens (primary N) is 3. The summed E-state index contributed by atoms with van der Waals surface area (Å²) in [7, 11) is 2.39. The number of phenols is 1. The van der Waals surface area contributed by atoms with Crippen LogP contribution in [-0.4, -0.2) is 107 Å². The van der Waals surface area contributed by atoms with Gasteiger partial charge in [0.15, 0.2) is 0 Å². The standard InChI is InChI=1S/C33H54N8O8S2/c1-19(2)15-26(33(48)49)40-31(46)25(16-20-9-11-21(42)12-10-20)39-32(47)27-18-51-50-17-22(36)28(43)37-23(7-3-5-13-34)29(44)38-24(30(45)41-27)8-4-6-14-35/h9-12,19,22-27,42H,3-8,13-18,34-36H2,1-2H3,(H,37,43)(H,38,44)(H,39,47)(H,40,46)(H,41,45)(H,48,49)/t22-,23-,24-,25-,26-,27-/m0/s1. The van der Waals surface area contributed by atoms with Gasteiger partial charge in [0.05, 0.1) is 6.04 Å². The number of amides is 5.